The Morgan fingerprint density at radius 1 is 1.32 bits per heavy atom. The molecule has 9 heteroatoms. The molecule has 2 amide bonds. The van der Waals surface area contributed by atoms with Crippen LogP contribution in [0.4, 0.5) is 10.5 Å². The van der Waals surface area contributed by atoms with Crippen molar-refractivity contribution in [3.63, 3.8) is 0 Å². The van der Waals surface area contributed by atoms with E-state index in [9.17, 15) is 4.79 Å². The molecule has 0 atom stereocenters. The number of amides is 2. The van der Waals surface area contributed by atoms with Crippen LogP contribution in [0.2, 0.25) is 5.02 Å². The van der Waals surface area contributed by atoms with E-state index in [0.717, 1.165) is 35.9 Å². The zero-order chi connectivity index (χ0) is 19.7. The van der Waals surface area contributed by atoms with Gasteiger partial charge in [-0.3, -0.25) is 4.57 Å². The van der Waals surface area contributed by atoms with Crippen LogP contribution in [0.15, 0.2) is 34.9 Å². The molecule has 1 saturated heterocycles. The van der Waals surface area contributed by atoms with Crippen LogP contribution in [0.25, 0.3) is 22.6 Å². The van der Waals surface area contributed by atoms with Crippen molar-refractivity contribution in [3.8, 4) is 11.4 Å². The molecule has 1 aromatic carbocycles. The molecule has 1 aliphatic rings. The Kier molecular flexibility index (Phi) is 5.52. The van der Waals surface area contributed by atoms with E-state index in [0.29, 0.717) is 34.5 Å². The van der Waals surface area contributed by atoms with Crippen molar-refractivity contribution in [3.05, 3.63) is 40.0 Å². The van der Waals surface area contributed by atoms with Gasteiger partial charge in [0.1, 0.15) is 12.6 Å². The fraction of sp³-hybridized carbons (Fsp3) is 0.316. The average Bonchev–Trinajstić information content (AvgIpc) is 3.32. The van der Waals surface area contributed by atoms with Crippen molar-refractivity contribution in [2.45, 2.75) is 19.6 Å². The fourth-order valence-corrected chi connectivity index (χ4v) is 3.86. The first kappa shape index (κ1) is 19.2. The number of carbonyl (C=O) groups is 1. The molecule has 4 rings (SSSR count). The van der Waals surface area contributed by atoms with E-state index in [-0.39, 0.29) is 6.03 Å². The Morgan fingerprint density at radius 3 is 2.86 bits per heavy atom. The Morgan fingerprint density at radius 2 is 2.11 bits per heavy atom. The third-order valence-corrected chi connectivity index (χ3v) is 5.45. The first-order valence-corrected chi connectivity index (χ1v) is 10.1. The molecular formula is C19H19BrClN5O2. The lowest BCUT2D eigenvalue weighted by Gasteiger charge is -2.17. The second-order valence-electron chi connectivity index (χ2n) is 6.60. The molecule has 3 heterocycles. The summed E-state index contributed by atoms with van der Waals surface area (Å²) in [5, 5.41) is 3.49. The highest BCUT2D eigenvalue weighted by atomic mass is 79.9. The van der Waals surface area contributed by atoms with E-state index in [2.05, 4.69) is 31.2 Å². The van der Waals surface area contributed by atoms with Gasteiger partial charge in [-0.15, -0.1) is 0 Å². The summed E-state index contributed by atoms with van der Waals surface area (Å²) in [5.74, 6) is 0.629. The lowest BCUT2D eigenvalue weighted by molar-refractivity contribution is 0.135. The zero-order valence-electron chi connectivity index (χ0n) is 15.3. The molecule has 0 radical (unpaired) electrons. The van der Waals surface area contributed by atoms with Crippen LogP contribution < -0.4 is 5.32 Å². The standard InChI is InChI=1S/C19H19BrClN5O2/c1-28-11-26-16-8-12(20)10-22-17(16)24-18(26)14-9-13(4-5-15(14)21)23-19(27)25-6-2-3-7-25/h4-5,8-10H,2-3,6-7,11H2,1H3,(H,23,27). The van der Waals surface area contributed by atoms with E-state index in [4.69, 9.17) is 16.3 Å². The lowest BCUT2D eigenvalue weighted by atomic mass is 10.2. The van der Waals surface area contributed by atoms with Crippen LogP contribution in [0.3, 0.4) is 0 Å². The first-order valence-electron chi connectivity index (χ1n) is 8.93. The van der Waals surface area contributed by atoms with Crippen LogP contribution in [0.5, 0.6) is 0 Å². The van der Waals surface area contributed by atoms with Gasteiger partial charge in [0.15, 0.2) is 5.65 Å². The van der Waals surface area contributed by atoms with Crippen LogP contribution in [0, 0.1) is 0 Å². The predicted octanol–water partition coefficient (Wildman–Crippen LogP) is 4.75. The van der Waals surface area contributed by atoms with Crippen molar-refractivity contribution in [2.24, 2.45) is 0 Å². The molecule has 1 fully saturated rings. The Bertz CT molecular complexity index is 1030. The number of hydrogen-bond donors (Lipinski definition) is 1. The average molecular weight is 465 g/mol. The van der Waals surface area contributed by atoms with E-state index < -0.39 is 0 Å². The molecule has 1 aliphatic heterocycles. The van der Waals surface area contributed by atoms with Crippen LogP contribution in [-0.4, -0.2) is 45.7 Å². The second-order valence-corrected chi connectivity index (χ2v) is 7.92. The van der Waals surface area contributed by atoms with Crippen LogP contribution in [-0.2, 0) is 11.5 Å². The molecule has 0 bridgehead atoms. The number of anilines is 1. The normalized spacial score (nSPS) is 14.0. The second kappa shape index (κ2) is 8.06. The molecule has 1 N–H and O–H groups in total. The minimum Gasteiger partial charge on any atom is -0.364 e. The molecule has 0 unspecified atom stereocenters. The van der Waals surface area contributed by atoms with Gasteiger partial charge in [-0.1, -0.05) is 11.6 Å². The summed E-state index contributed by atoms with van der Waals surface area (Å²) in [4.78, 5) is 23.2. The lowest BCUT2D eigenvalue weighted by Crippen LogP contribution is -2.32. The number of urea groups is 1. The summed E-state index contributed by atoms with van der Waals surface area (Å²) in [7, 11) is 1.62. The number of aromatic nitrogens is 3. The molecule has 28 heavy (non-hydrogen) atoms. The van der Waals surface area contributed by atoms with Gasteiger partial charge in [0, 0.05) is 42.1 Å². The molecule has 146 valence electrons. The van der Waals surface area contributed by atoms with Gasteiger partial charge in [-0.25, -0.2) is 14.8 Å². The van der Waals surface area contributed by atoms with E-state index in [1.54, 1.807) is 25.4 Å². The smallest absolute Gasteiger partial charge is 0.321 e. The summed E-state index contributed by atoms with van der Waals surface area (Å²) in [5.41, 5.74) is 2.79. The number of nitrogens with one attached hydrogen (secondary N) is 1. The largest absolute Gasteiger partial charge is 0.364 e. The van der Waals surface area contributed by atoms with E-state index >= 15 is 0 Å². The van der Waals surface area contributed by atoms with Crippen molar-refractivity contribution in [2.75, 3.05) is 25.5 Å². The number of halogens is 2. The van der Waals surface area contributed by atoms with Gasteiger partial charge in [-0.05, 0) is 53.0 Å². The molecule has 0 saturated carbocycles. The Balaban J connectivity index is 1.74. The summed E-state index contributed by atoms with van der Waals surface area (Å²) in [6.07, 6.45) is 3.79. The number of carbonyl (C=O) groups excluding carboxylic acids is 1. The quantitative estimate of drug-likeness (QED) is 0.605. The molecule has 3 aromatic rings. The Labute approximate surface area is 175 Å². The number of hydrogen-bond acceptors (Lipinski definition) is 4. The molecule has 2 aromatic heterocycles. The number of imidazole rings is 1. The Hall–Kier alpha value is -2.16. The summed E-state index contributed by atoms with van der Waals surface area (Å²) in [6, 6.07) is 7.22. The number of nitrogens with zero attached hydrogens (tertiary/aromatic N) is 4. The molecule has 7 nitrogen and oxygen atoms in total. The third kappa shape index (κ3) is 3.72. The zero-order valence-corrected chi connectivity index (χ0v) is 17.6. The topological polar surface area (TPSA) is 72.3 Å². The van der Waals surface area contributed by atoms with Gasteiger partial charge >= 0.3 is 6.03 Å². The highest BCUT2D eigenvalue weighted by Gasteiger charge is 2.20. The van der Waals surface area contributed by atoms with Crippen molar-refractivity contribution < 1.29 is 9.53 Å². The maximum absolute atomic E-state index is 12.4. The molecule has 0 aliphatic carbocycles. The number of pyridine rings is 1. The van der Waals surface area contributed by atoms with Gasteiger partial charge in [-0.2, -0.15) is 0 Å². The molecule has 0 spiro atoms. The number of ether oxygens (including phenoxy) is 1. The summed E-state index contributed by atoms with van der Waals surface area (Å²) in [6.45, 7) is 1.87. The minimum atomic E-state index is -0.0956. The fourth-order valence-electron chi connectivity index (χ4n) is 3.34. The maximum atomic E-state index is 12.4. The number of benzene rings is 1. The maximum Gasteiger partial charge on any atom is 0.321 e. The number of fused-ring (bicyclic) bond motifs is 1. The van der Waals surface area contributed by atoms with Crippen molar-refractivity contribution in [1.29, 1.82) is 0 Å². The van der Waals surface area contributed by atoms with E-state index in [1.807, 2.05) is 21.6 Å². The highest BCUT2D eigenvalue weighted by Crippen LogP contribution is 2.33. The predicted molar refractivity (Wildman–Crippen MR) is 113 cm³/mol. The monoisotopic (exact) mass is 463 g/mol. The van der Waals surface area contributed by atoms with E-state index in [1.165, 1.54) is 0 Å². The van der Waals surface area contributed by atoms with Gasteiger partial charge in [0.2, 0.25) is 0 Å². The van der Waals surface area contributed by atoms with Gasteiger partial charge in [0.05, 0.1) is 10.5 Å². The van der Waals surface area contributed by atoms with Crippen LogP contribution >= 0.6 is 27.5 Å². The minimum absolute atomic E-state index is 0.0956. The molecular weight excluding hydrogens is 446 g/mol. The number of rotatable bonds is 4. The SMILES string of the molecule is COCn1c(-c2cc(NC(=O)N3CCCC3)ccc2Cl)nc2ncc(Br)cc21. The third-order valence-electron chi connectivity index (χ3n) is 4.68. The number of likely N-dealkylation sites (tertiary alicyclic amines) is 1. The van der Waals surface area contributed by atoms with Gasteiger partial charge < -0.3 is 15.0 Å². The summed E-state index contributed by atoms with van der Waals surface area (Å²) < 4.78 is 8.11. The number of methoxy groups -OCH3 is 1. The summed E-state index contributed by atoms with van der Waals surface area (Å²) >= 11 is 9.92. The van der Waals surface area contributed by atoms with Crippen molar-refractivity contribution >= 4 is 50.4 Å². The highest BCUT2D eigenvalue weighted by molar-refractivity contribution is 9.10. The van der Waals surface area contributed by atoms with Gasteiger partial charge in [0.25, 0.3) is 0 Å². The van der Waals surface area contributed by atoms with Crippen molar-refractivity contribution in [1.82, 2.24) is 19.4 Å². The van der Waals surface area contributed by atoms with Crippen LogP contribution in [0.1, 0.15) is 12.8 Å². The first-order chi connectivity index (χ1) is 13.6.